The van der Waals surface area contributed by atoms with E-state index in [1.54, 1.807) is 7.05 Å². The average Bonchev–Trinajstić information content (AvgIpc) is 2.84. The van der Waals surface area contributed by atoms with E-state index in [9.17, 15) is 0 Å². The third kappa shape index (κ3) is 5.81. The molecule has 0 aliphatic rings. The lowest BCUT2D eigenvalue weighted by Gasteiger charge is -2.12. The molecule has 0 unspecified atom stereocenters. The number of benzene rings is 1. The van der Waals surface area contributed by atoms with Gasteiger partial charge in [0.1, 0.15) is 0 Å². The normalized spacial score (nSPS) is 11.6. The molecule has 6 heteroatoms. The topological polar surface area (TPSA) is 54.2 Å². The van der Waals surface area contributed by atoms with E-state index < -0.39 is 0 Å². The van der Waals surface area contributed by atoms with Crippen LogP contribution in [0.4, 0.5) is 0 Å². The lowest BCUT2D eigenvalue weighted by atomic mass is 10.2. The summed E-state index contributed by atoms with van der Waals surface area (Å²) in [4.78, 5) is 4.29. The van der Waals surface area contributed by atoms with Crippen LogP contribution in [0.5, 0.6) is 0 Å². The van der Waals surface area contributed by atoms with Gasteiger partial charge in [0.15, 0.2) is 5.96 Å². The van der Waals surface area contributed by atoms with Gasteiger partial charge in [-0.05, 0) is 26.3 Å². The molecule has 0 aliphatic carbocycles. The molecule has 0 radical (unpaired) electrons. The van der Waals surface area contributed by atoms with Crippen LogP contribution in [-0.2, 0) is 19.3 Å². The summed E-state index contributed by atoms with van der Waals surface area (Å²) in [6.07, 6.45) is 0. The first kappa shape index (κ1) is 19.4. The van der Waals surface area contributed by atoms with Crippen LogP contribution >= 0.6 is 11.8 Å². The second-order valence-corrected chi connectivity index (χ2v) is 7.27. The molecule has 136 valence electrons. The Morgan fingerprint density at radius 3 is 2.48 bits per heavy atom. The highest BCUT2D eigenvalue weighted by molar-refractivity contribution is 7.98. The van der Waals surface area contributed by atoms with Gasteiger partial charge in [0.05, 0.1) is 5.69 Å². The Morgan fingerprint density at radius 1 is 1.16 bits per heavy atom. The molecule has 0 fully saturated rings. The summed E-state index contributed by atoms with van der Waals surface area (Å²) < 4.78 is 1.92. The number of hydrogen-bond donors (Lipinski definition) is 2. The molecule has 0 spiro atoms. The summed E-state index contributed by atoms with van der Waals surface area (Å²) >= 11 is 1.93. The average molecular weight is 360 g/mol. The van der Waals surface area contributed by atoms with Crippen molar-refractivity contribution in [1.29, 1.82) is 0 Å². The molecule has 1 heterocycles. The summed E-state index contributed by atoms with van der Waals surface area (Å²) in [7, 11) is 3.78. The Kier molecular flexibility index (Phi) is 7.37. The molecule has 2 aromatic rings. The minimum absolute atomic E-state index is 0.738. The molecule has 2 N–H and O–H groups in total. The minimum atomic E-state index is 0.738. The van der Waals surface area contributed by atoms with Crippen molar-refractivity contribution in [1.82, 2.24) is 20.4 Å². The van der Waals surface area contributed by atoms with Crippen LogP contribution in [0.1, 0.15) is 28.1 Å². The molecule has 1 aromatic carbocycles. The number of aryl methyl sites for hydroxylation is 3. The highest BCUT2D eigenvalue weighted by Gasteiger charge is 2.09. The zero-order chi connectivity index (χ0) is 18.2. The van der Waals surface area contributed by atoms with Crippen LogP contribution in [-0.4, -0.2) is 35.1 Å². The maximum Gasteiger partial charge on any atom is 0.191 e. The summed E-state index contributed by atoms with van der Waals surface area (Å²) in [5, 5.41) is 11.2. The third-order valence-corrected chi connectivity index (χ3v) is 5.27. The van der Waals surface area contributed by atoms with Crippen molar-refractivity contribution >= 4 is 17.7 Å². The first-order valence-electron chi connectivity index (χ1n) is 8.58. The molecular formula is C19H29N5S. The van der Waals surface area contributed by atoms with E-state index in [2.05, 4.69) is 58.8 Å². The number of aliphatic imine (C=N–C) groups is 1. The van der Waals surface area contributed by atoms with Crippen molar-refractivity contribution in [2.75, 3.05) is 19.3 Å². The molecular weight excluding hydrogens is 330 g/mol. The fourth-order valence-corrected chi connectivity index (χ4v) is 3.40. The van der Waals surface area contributed by atoms with Gasteiger partial charge >= 0.3 is 0 Å². The molecule has 0 amide bonds. The van der Waals surface area contributed by atoms with Crippen molar-refractivity contribution in [3.8, 4) is 0 Å². The monoisotopic (exact) mass is 359 g/mol. The van der Waals surface area contributed by atoms with E-state index >= 15 is 0 Å². The molecule has 1 aromatic heterocycles. The smallest absolute Gasteiger partial charge is 0.191 e. The summed E-state index contributed by atoms with van der Waals surface area (Å²) in [5.74, 6) is 2.92. The summed E-state index contributed by atoms with van der Waals surface area (Å²) in [5.41, 5.74) is 6.18. The molecule has 0 atom stereocenters. The van der Waals surface area contributed by atoms with Crippen molar-refractivity contribution in [3.05, 3.63) is 52.3 Å². The summed E-state index contributed by atoms with van der Waals surface area (Å²) in [6.45, 7) is 7.88. The molecule has 0 saturated carbocycles. The zero-order valence-corrected chi connectivity index (χ0v) is 16.7. The lowest BCUT2D eigenvalue weighted by molar-refractivity contribution is 0.729. The lowest BCUT2D eigenvalue weighted by Crippen LogP contribution is -2.38. The van der Waals surface area contributed by atoms with Crippen LogP contribution in [0.2, 0.25) is 0 Å². The van der Waals surface area contributed by atoms with E-state index in [1.807, 2.05) is 30.4 Å². The Morgan fingerprint density at radius 2 is 1.88 bits per heavy atom. The first-order chi connectivity index (χ1) is 12.0. The van der Waals surface area contributed by atoms with E-state index in [-0.39, 0.29) is 0 Å². The van der Waals surface area contributed by atoms with Crippen molar-refractivity contribution in [2.24, 2.45) is 12.0 Å². The van der Waals surface area contributed by atoms with Crippen LogP contribution in [0.15, 0.2) is 29.3 Å². The molecule has 0 bridgehead atoms. The molecule has 25 heavy (non-hydrogen) atoms. The van der Waals surface area contributed by atoms with Gasteiger partial charge < -0.3 is 10.6 Å². The van der Waals surface area contributed by atoms with E-state index in [0.29, 0.717) is 0 Å². The van der Waals surface area contributed by atoms with Gasteiger partial charge in [-0.1, -0.05) is 29.8 Å². The van der Waals surface area contributed by atoms with E-state index in [1.165, 1.54) is 22.4 Å². The van der Waals surface area contributed by atoms with Crippen LogP contribution in [0, 0.1) is 20.8 Å². The number of thioether (sulfide) groups is 1. The first-order valence-corrected chi connectivity index (χ1v) is 9.73. The largest absolute Gasteiger partial charge is 0.356 e. The minimum Gasteiger partial charge on any atom is -0.356 e. The number of hydrogen-bond acceptors (Lipinski definition) is 3. The van der Waals surface area contributed by atoms with Gasteiger partial charge in [0.25, 0.3) is 0 Å². The number of guanidine groups is 1. The fraction of sp³-hybridized carbons (Fsp3) is 0.474. The second kappa shape index (κ2) is 9.51. The van der Waals surface area contributed by atoms with Gasteiger partial charge in [-0.25, -0.2) is 0 Å². The van der Waals surface area contributed by atoms with Crippen LogP contribution in [0.3, 0.4) is 0 Å². The maximum absolute atomic E-state index is 4.45. The Labute approximate surface area is 155 Å². The van der Waals surface area contributed by atoms with Crippen molar-refractivity contribution in [2.45, 2.75) is 33.1 Å². The Bertz CT molecular complexity index is 703. The number of nitrogens with one attached hydrogen (secondary N) is 2. The zero-order valence-electron chi connectivity index (χ0n) is 15.9. The molecule has 0 saturated heterocycles. The van der Waals surface area contributed by atoms with Crippen molar-refractivity contribution in [3.63, 3.8) is 0 Å². The Balaban J connectivity index is 1.69. The van der Waals surface area contributed by atoms with Gasteiger partial charge in [-0.2, -0.15) is 16.9 Å². The SMILES string of the molecule is CN=C(NCCSCc1ccc(C)cc1)NCc1c(C)nn(C)c1C. The third-order valence-electron chi connectivity index (χ3n) is 4.24. The number of rotatable bonds is 7. The second-order valence-electron chi connectivity index (χ2n) is 6.16. The number of nitrogens with zero attached hydrogens (tertiary/aromatic N) is 3. The fourth-order valence-electron chi connectivity index (χ4n) is 2.58. The van der Waals surface area contributed by atoms with E-state index in [4.69, 9.17) is 0 Å². The van der Waals surface area contributed by atoms with E-state index in [0.717, 1.165) is 36.2 Å². The maximum atomic E-state index is 4.45. The molecule has 0 aliphatic heterocycles. The molecule has 2 rings (SSSR count). The van der Waals surface area contributed by atoms with Gasteiger partial charge in [-0.3, -0.25) is 9.67 Å². The van der Waals surface area contributed by atoms with Gasteiger partial charge in [0, 0.05) is 49.9 Å². The predicted molar refractivity (Wildman–Crippen MR) is 108 cm³/mol. The van der Waals surface area contributed by atoms with Crippen LogP contribution in [0.25, 0.3) is 0 Å². The predicted octanol–water partition coefficient (Wildman–Crippen LogP) is 2.94. The Hall–Kier alpha value is -1.95. The number of aromatic nitrogens is 2. The van der Waals surface area contributed by atoms with Crippen molar-refractivity contribution < 1.29 is 0 Å². The quantitative estimate of drug-likeness (QED) is 0.453. The van der Waals surface area contributed by atoms with Gasteiger partial charge in [-0.15, -0.1) is 0 Å². The standard InChI is InChI=1S/C19H29N5S/c1-14-6-8-17(9-7-14)13-25-11-10-21-19(20-4)22-12-18-15(2)23-24(5)16(18)3/h6-9H,10-13H2,1-5H3,(H2,20,21,22). The highest BCUT2D eigenvalue weighted by Crippen LogP contribution is 2.12. The van der Waals surface area contributed by atoms with Crippen LogP contribution < -0.4 is 10.6 Å². The highest BCUT2D eigenvalue weighted by atomic mass is 32.2. The molecule has 5 nitrogen and oxygen atoms in total. The van der Waals surface area contributed by atoms with Gasteiger partial charge in [0.2, 0.25) is 0 Å². The summed E-state index contributed by atoms with van der Waals surface area (Å²) in [6, 6.07) is 8.74.